The molecule has 2 rings (SSSR count). The summed E-state index contributed by atoms with van der Waals surface area (Å²) >= 11 is 0. The molecule has 0 aromatic rings. The molecule has 1 atom stereocenters. The molecule has 0 radical (unpaired) electrons. The first kappa shape index (κ1) is 14.0. The normalized spacial score (nSPS) is 28.1. The Kier molecular flexibility index (Phi) is 4.85. The van der Waals surface area contributed by atoms with Crippen molar-refractivity contribution in [3.05, 3.63) is 0 Å². The van der Waals surface area contributed by atoms with Gasteiger partial charge in [0.2, 0.25) is 0 Å². The molecule has 1 spiro atoms. The fourth-order valence-electron chi connectivity index (χ4n) is 3.38. The Balaban J connectivity index is 0.000000606. The smallest absolute Gasteiger partial charge is 0.00385 e. The van der Waals surface area contributed by atoms with Gasteiger partial charge in [-0.15, -0.1) is 0 Å². The maximum Gasteiger partial charge on any atom is 0.00385 e. The molecule has 16 heavy (non-hydrogen) atoms. The van der Waals surface area contributed by atoms with Gasteiger partial charge in [-0.25, -0.2) is 0 Å². The molecule has 0 N–H and O–H groups in total. The molecule has 1 saturated carbocycles. The number of hydrogen-bond acceptors (Lipinski definition) is 1. The van der Waals surface area contributed by atoms with Crippen molar-refractivity contribution in [1.29, 1.82) is 0 Å². The first-order chi connectivity index (χ1) is 7.55. The molecule has 0 aromatic carbocycles. The van der Waals surface area contributed by atoms with E-state index in [-0.39, 0.29) is 0 Å². The third-order valence-corrected chi connectivity index (χ3v) is 4.58. The standard InChI is InChI=1S/C13H25N.C2H6/c1-10(2)12-9-13(12)5-7-14(8-6-13)11(3)4;1-2/h10-12H,5-9H2,1-4H3;1-2H3. The summed E-state index contributed by atoms with van der Waals surface area (Å²) in [7, 11) is 0. The summed E-state index contributed by atoms with van der Waals surface area (Å²) in [6, 6.07) is 0.753. The quantitative estimate of drug-likeness (QED) is 0.681. The van der Waals surface area contributed by atoms with E-state index in [1.807, 2.05) is 13.8 Å². The molecule has 1 heteroatoms. The molecule has 1 heterocycles. The van der Waals surface area contributed by atoms with Crippen LogP contribution in [-0.4, -0.2) is 24.0 Å². The van der Waals surface area contributed by atoms with E-state index >= 15 is 0 Å². The fraction of sp³-hybridized carbons (Fsp3) is 1.00. The molecule has 0 bridgehead atoms. The second-order valence-electron chi connectivity index (χ2n) is 6.05. The van der Waals surface area contributed by atoms with Gasteiger partial charge in [0.1, 0.15) is 0 Å². The van der Waals surface area contributed by atoms with Crippen LogP contribution >= 0.6 is 0 Å². The third kappa shape index (κ3) is 2.80. The lowest BCUT2D eigenvalue weighted by Gasteiger charge is -2.36. The summed E-state index contributed by atoms with van der Waals surface area (Å²) in [4.78, 5) is 2.64. The predicted molar refractivity (Wildman–Crippen MR) is 72.7 cm³/mol. The topological polar surface area (TPSA) is 3.24 Å². The number of piperidine rings is 1. The lowest BCUT2D eigenvalue weighted by Crippen LogP contribution is -2.39. The molecule has 1 aliphatic heterocycles. The van der Waals surface area contributed by atoms with Crippen LogP contribution in [0.4, 0.5) is 0 Å². The van der Waals surface area contributed by atoms with Crippen LogP contribution in [0.15, 0.2) is 0 Å². The summed E-state index contributed by atoms with van der Waals surface area (Å²) in [5.74, 6) is 1.97. The zero-order valence-corrected chi connectivity index (χ0v) is 12.2. The molecule has 2 aliphatic rings. The minimum atomic E-state index is 0.753. The fourth-order valence-corrected chi connectivity index (χ4v) is 3.38. The minimum absolute atomic E-state index is 0.753. The van der Waals surface area contributed by atoms with Gasteiger partial charge in [-0.1, -0.05) is 27.7 Å². The predicted octanol–water partition coefficient (Wildman–Crippen LogP) is 4.18. The zero-order chi connectivity index (χ0) is 12.3. The molecule has 0 amide bonds. The van der Waals surface area contributed by atoms with E-state index in [1.54, 1.807) is 0 Å². The SMILES string of the molecule is CC.CC(C)C1CC12CCN(C(C)C)CC2. The van der Waals surface area contributed by atoms with Crippen molar-refractivity contribution in [2.45, 2.75) is 66.8 Å². The highest BCUT2D eigenvalue weighted by Crippen LogP contribution is 2.62. The van der Waals surface area contributed by atoms with Crippen molar-refractivity contribution in [2.75, 3.05) is 13.1 Å². The Morgan fingerprint density at radius 1 is 1.00 bits per heavy atom. The Labute approximate surface area is 103 Å². The van der Waals surface area contributed by atoms with E-state index < -0.39 is 0 Å². The summed E-state index contributed by atoms with van der Waals surface area (Å²) in [6.07, 6.45) is 4.46. The Morgan fingerprint density at radius 2 is 1.50 bits per heavy atom. The molecule has 1 nitrogen and oxygen atoms in total. The number of likely N-dealkylation sites (tertiary alicyclic amines) is 1. The molecule has 1 saturated heterocycles. The lowest BCUT2D eigenvalue weighted by atomic mass is 9.87. The van der Waals surface area contributed by atoms with Gasteiger partial charge < -0.3 is 4.90 Å². The number of hydrogen-bond donors (Lipinski definition) is 0. The van der Waals surface area contributed by atoms with Crippen molar-refractivity contribution < 1.29 is 0 Å². The van der Waals surface area contributed by atoms with E-state index in [9.17, 15) is 0 Å². The molecular weight excluding hydrogens is 194 g/mol. The van der Waals surface area contributed by atoms with Crippen molar-refractivity contribution in [3.8, 4) is 0 Å². The van der Waals surface area contributed by atoms with E-state index in [1.165, 1.54) is 32.4 Å². The average molecular weight is 225 g/mol. The van der Waals surface area contributed by atoms with Crippen LogP contribution in [0.5, 0.6) is 0 Å². The van der Waals surface area contributed by atoms with E-state index in [2.05, 4.69) is 32.6 Å². The highest BCUT2D eigenvalue weighted by molar-refractivity contribution is 5.05. The molecule has 96 valence electrons. The van der Waals surface area contributed by atoms with Crippen LogP contribution in [0, 0.1) is 17.3 Å². The van der Waals surface area contributed by atoms with Gasteiger partial charge in [-0.3, -0.25) is 0 Å². The van der Waals surface area contributed by atoms with Crippen LogP contribution < -0.4 is 0 Å². The van der Waals surface area contributed by atoms with Crippen LogP contribution in [-0.2, 0) is 0 Å². The van der Waals surface area contributed by atoms with Gasteiger partial charge >= 0.3 is 0 Å². The van der Waals surface area contributed by atoms with E-state index in [4.69, 9.17) is 0 Å². The molecule has 0 aromatic heterocycles. The summed E-state index contributed by atoms with van der Waals surface area (Å²) in [5, 5.41) is 0. The summed E-state index contributed by atoms with van der Waals surface area (Å²) in [6.45, 7) is 16.1. The summed E-state index contributed by atoms with van der Waals surface area (Å²) < 4.78 is 0. The lowest BCUT2D eigenvalue weighted by molar-refractivity contribution is 0.127. The van der Waals surface area contributed by atoms with Crippen molar-refractivity contribution in [2.24, 2.45) is 17.3 Å². The second kappa shape index (κ2) is 5.53. The molecule has 1 aliphatic carbocycles. The first-order valence-electron chi connectivity index (χ1n) is 7.29. The number of nitrogens with zero attached hydrogens (tertiary/aromatic N) is 1. The second-order valence-corrected chi connectivity index (χ2v) is 6.05. The van der Waals surface area contributed by atoms with Crippen LogP contribution in [0.2, 0.25) is 0 Å². The van der Waals surface area contributed by atoms with E-state index in [0.717, 1.165) is 23.3 Å². The van der Waals surface area contributed by atoms with Gasteiger partial charge in [-0.05, 0) is 63.5 Å². The minimum Gasteiger partial charge on any atom is -0.301 e. The van der Waals surface area contributed by atoms with Gasteiger partial charge in [-0.2, -0.15) is 0 Å². The first-order valence-corrected chi connectivity index (χ1v) is 7.29. The van der Waals surface area contributed by atoms with Gasteiger partial charge in [0.05, 0.1) is 0 Å². The largest absolute Gasteiger partial charge is 0.301 e. The Morgan fingerprint density at radius 3 is 1.81 bits per heavy atom. The third-order valence-electron chi connectivity index (χ3n) is 4.58. The monoisotopic (exact) mass is 225 g/mol. The van der Waals surface area contributed by atoms with Crippen molar-refractivity contribution in [1.82, 2.24) is 4.90 Å². The maximum atomic E-state index is 2.64. The highest BCUT2D eigenvalue weighted by atomic mass is 15.2. The van der Waals surface area contributed by atoms with Crippen molar-refractivity contribution in [3.63, 3.8) is 0 Å². The van der Waals surface area contributed by atoms with Gasteiger partial charge in [0.15, 0.2) is 0 Å². The van der Waals surface area contributed by atoms with Crippen molar-refractivity contribution >= 4 is 0 Å². The Bertz CT molecular complexity index is 199. The molecule has 1 unspecified atom stereocenters. The summed E-state index contributed by atoms with van der Waals surface area (Å²) in [5.41, 5.74) is 0.791. The maximum absolute atomic E-state index is 2.64. The Hall–Kier alpha value is -0.0400. The van der Waals surface area contributed by atoms with Gasteiger partial charge in [0, 0.05) is 6.04 Å². The highest BCUT2D eigenvalue weighted by Gasteiger charge is 2.55. The average Bonchev–Trinajstić information content (AvgIpc) is 2.96. The number of rotatable bonds is 2. The van der Waals surface area contributed by atoms with Crippen LogP contribution in [0.1, 0.15) is 60.8 Å². The molecular formula is C15H31N. The van der Waals surface area contributed by atoms with Crippen LogP contribution in [0.25, 0.3) is 0 Å². The van der Waals surface area contributed by atoms with Crippen LogP contribution in [0.3, 0.4) is 0 Å². The van der Waals surface area contributed by atoms with Gasteiger partial charge in [0.25, 0.3) is 0 Å². The molecule has 2 fully saturated rings. The van der Waals surface area contributed by atoms with E-state index in [0.29, 0.717) is 0 Å². The zero-order valence-electron chi connectivity index (χ0n) is 12.2.